The molecule has 0 aromatic rings. The van der Waals surface area contributed by atoms with Crippen LogP contribution in [-0.4, -0.2) is 6.18 Å². The summed E-state index contributed by atoms with van der Waals surface area (Å²) in [6, 6.07) is 0. The van der Waals surface area contributed by atoms with Crippen molar-refractivity contribution in [1.82, 2.24) is 0 Å². The topological polar surface area (TPSA) is 0 Å². The largest absolute Gasteiger partial charge is 0.391 e. The average molecular weight is 184 g/mol. The lowest BCUT2D eigenvalue weighted by molar-refractivity contribution is -0.176. The first-order chi connectivity index (χ1) is 4.63. The molecule has 0 saturated carbocycles. The molecular formula is C9H19F3. The second-order valence-corrected chi connectivity index (χ2v) is 4.21. The van der Waals surface area contributed by atoms with Crippen LogP contribution in [0.15, 0.2) is 0 Å². The summed E-state index contributed by atoms with van der Waals surface area (Å²) in [5.74, 6) is -1.19. The van der Waals surface area contributed by atoms with Gasteiger partial charge >= 0.3 is 6.18 Å². The van der Waals surface area contributed by atoms with Crippen LogP contribution in [0.25, 0.3) is 0 Å². The van der Waals surface area contributed by atoms with Gasteiger partial charge in [-0.3, -0.25) is 0 Å². The molecule has 1 unspecified atom stereocenters. The minimum absolute atomic E-state index is 0. The van der Waals surface area contributed by atoms with Crippen molar-refractivity contribution in [2.75, 3.05) is 0 Å². The summed E-state index contributed by atoms with van der Waals surface area (Å²) in [5.41, 5.74) is -0.241. The molecule has 0 aromatic carbocycles. The van der Waals surface area contributed by atoms with Crippen LogP contribution in [0.5, 0.6) is 0 Å². The van der Waals surface area contributed by atoms with Crippen LogP contribution >= 0.6 is 0 Å². The molecule has 0 heterocycles. The van der Waals surface area contributed by atoms with Crippen LogP contribution in [0.2, 0.25) is 0 Å². The molecule has 12 heavy (non-hydrogen) atoms. The van der Waals surface area contributed by atoms with Gasteiger partial charge in [0.15, 0.2) is 0 Å². The molecule has 1 atom stereocenters. The van der Waals surface area contributed by atoms with Crippen molar-refractivity contribution in [2.45, 2.75) is 47.7 Å². The number of halogens is 3. The van der Waals surface area contributed by atoms with E-state index in [9.17, 15) is 13.2 Å². The number of hydrogen-bond acceptors (Lipinski definition) is 0. The van der Waals surface area contributed by atoms with Crippen LogP contribution in [-0.2, 0) is 0 Å². The van der Waals surface area contributed by atoms with Gasteiger partial charge in [-0.1, -0.05) is 35.1 Å². The summed E-state index contributed by atoms with van der Waals surface area (Å²) >= 11 is 0. The van der Waals surface area contributed by atoms with E-state index in [2.05, 4.69) is 0 Å². The summed E-state index contributed by atoms with van der Waals surface area (Å²) < 4.78 is 35.9. The molecule has 0 aromatic heterocycles. The van der Waals surface area contributed by atoms with E-state index in [4.69, 9.17) is 0 Å². The van der Waals surface area contributed by atoms with E-state index in [0.29, 0.717) is 0 Å². The van der Waals surface area contributed by atoms with Crippen molar-refractivity contribution in [1.29, 1.82) is 0 Å². The van der Waals surface area contributed by atoms with Gasteiger partial charge in [0.05, 0.1) is 5.92 Å². The van der Waals surface area contributed by atoms with Gasteiger partial charge in [-0.05, 0) is 11.8 Å². The van der Waals surface area contributed by atoms with E-state index in [1.165, 1.54) is 6.92 Å². The molecule has 0 bridgehead atoms. The molecule has 0 aliphatic carbocycles. The Bertz CT molecular complexity index is 119. The lowest BCUT2D eigenvalue weighted by atomic mass is 9.85. The zero-order valence-corrected chi connectivity index (χ0v) is 7.42. The normalized spacial score (nSPS) is 15.2. The molecule has 0 amide bonds. The molecular weight excluding hydrogens is 165 g/mol. The van der Waals surface area contributed by atoms with E-state index >= 15 is 0 Å². The summed E-state index contributed by atoms with van der Waals surface area (Å²) in [5, 5.41) is 0. The third-order valence-corrected chi connectivity index (χ3v) is 1.48. The first kappa shape index (κ1) is 14.3. The molecule has 0 N–H and O–H groups in total. The van der Waals surface area contributed by atoms with Crippen LogP contribution in [0.1, 0.15) is 41.5 Å². The Balaban J connectivity index is 0. The standard InChI is InChI=1S/C8H15F3.CH4/c1-6(8(9,10)11)5-7(2,3)4;/h6H,5H2,1-4H3;1H4. The van der Waals surface area contributed by atoms with E-state index in [0.717, 1.165) is 0 Å². The Labute approximate surface area is 73.2 Å². The third-order valence-electron chi connectivity index (χ3n) is 1.48. The quantitative estimate of drug-likeness (QED) is 0.571. The fourth-order valence-corrected chi connectivity index (χ4v) is 1.03. The first-order valence-electron chi connectivity index (χ1n) is 3.69. The Morgan fingerprint density at radius 1 is 1.08 bits per heavy atom. The Kier molecular flexibility index (Phi) is 4.95. The van der Waals surface area contributed by atoms with Crippen LogP contribution in [0, 0.1) is 11.3 Å². The predicted molar refractivity (Wildman–Crippen MR) is 46.0 cm³/mol. The number of rotatable bonds is 1. The van der Waals surface area contributed by atoms with Crippen molar-refractivity contribution in [2.24, 2.45) is 11.3 Å². The zero-order chi connectivity index (χ0) is 9.28. The van der Waals surface area contributed by atoms with Gasteiger partial charge in [0.1, 0.15) is 0 Å². The second kappa shape index (κ2) is 4.15. The van der Waals surface area contributed by atoms with E-state index < -0.39 is 12.1 Å². The minimum Gasteiger partial charge on any atom is -0.171 e. The highest BCUT2D eigenvalue weighted by Crippen LogP contribution is 2.34. The lowest BCUT2D eigenvalue weighted by Gasteiger charge is -2.24. The van der Waals surface area contributed by atoms with Gasteiger partial charge in [0, 0.05) is 0 Å². The maximum absolute atomic E-state index is 12.0. The third kappa shape index (κ3) is 6.50. The van der Waals surface area contributed by atoms with E-state index in [1.54, 1.807) is 0 Å². The molecule has 0 saturated heterocycles. The Morgan fingerprint density at radius 3 is 1.50 bits per heavy atom. The van der Waals surface area contributed by atoms with E-state index in [-0.39, 0.29) is 19.3 Å². The van der Waals surface area contributed by atoms with E-state index in [1.807, 2.05) is 20.8 Å². The van der Waals surface area contributed by atoms with Crippen molar-refractivity contribution in [3.63, 3.8) is 0 Å². The summed E-state index contributed by atoms with van der Waals surface area (Å²) in [6.45, 7) is 6.67. The van der Waals surface area contributed by atoms with Crippen molar-refractivity contribution in [3.05, 3.63) is 0 Å². The molecule has 76 valence electrons. The predicted octanol–water partition coefficient (Wildman–Crippen LogP) is 4.26. The molecule has 0 fully saturated rings. The lowest BCUT2D eigenvalue weighted by Crippen LogP contribution is -2.24. The SMILES string of the molecule is C.CC(CC(C)(C)C)C(F)(F)F. The number of alkyl halides is 3. The first-order valence-corrected chi connectivity index (χ1v) is 3.69. The van der Waals surface area contributed by atoms with Gasteiger partial charge in [0.25, 0.3) is 0 Å². The average Bonchev–Trinajstić information content (AvgIpc) is 1.56. The minimum atomic E-state index is -4.03. The Hall–Kier alpha value is -0.210. The molecule has 0 rings (SSSR count). The molecule has 0 aliphatic heterocycles. The molecule has 0 radical (unpaired) electrons. The monoisotopic (exact) mass is 184 g/mol. The molecule has 0 spiro atoms. The van der Waals surface area contributed by atoms with Gasteiger partial charge in [-0.2, -0.15) is 13.2 Å². The second-order valence-electron chi connectivity index (χ2n) is 4.21. The highest BCUT2D eigenvalue weighted by atomic mass is 19.4. The summed E-state index contributed by atoms with van der Waals surface area (Å²) in [7, 11) is 0. The van der Waals surface area contributed by atoms with Crippen molar-refractivity contribution >= 4 is 0 Å². The van der Waals surface area contributed by atoms with Crippen LogP contribution < -0.4 is 0 Å². The van der Waals surface area contributed by atoms with Gasteiger partial charge in [-0.15, -0.1) is 0 Å². The maximum atomic E-state index is 12.0. The maximum Gasteiger partial charge on any atom is 0.391 e. The fourth-order valence-electron chi connectivity index (χ4n) is 1.03. The molecule has 0 aliphatic rings. The molecule has 3 heteroatoms. The zero-order valence-electron chi connectivity index (χ0n) is 7.42. The number of hydrogen-bond donors (Lipinski definition) is 0. The van der Waals surface area contributed by atoms with Gasteiger partial charge < -0.3 is 0 Å². The van der Waals surface area contributed by atoms with Crippen molar-refractivity contribution in [3.8, 4) is 0 Å². The highest BCUT2D eigenvalue weighted by molar-refractivity contribution is 4.70. The molecule has 0 nitrogen and oxygen atoms in total. The van der Waals surface area contributed by atoms with Gasteiger partial charge in [0.2, 0.25) is 0 Å². The van der Waals surface area contributed by atoms with Gasteiger partial charge in [-0.25, -0.2) is 0 Å². The highest BCUT2D eigenvalue weighted by Gasteiger charge is 2.37. The van der Waals surface area contributed by atoms with Crippen LogP contribution in [0.4, 0.5) is 13.2 Å². The van der Waals surface area contributed by atoms with Crippen LogP contribution in [0.3, 0.4) is 0 Å². The summed E-state index contributed by atoms with van der Waals surface area (Å²) in [6.07, 6.45) is -3.84. The summed E-state index contributed by atoms with van der Waals surface area (Å²) in [4.78, 5) is 0. The fraction of sp³-hybridized carbons (Fsp3) is 1.00. The Morgan fingerprint density at radius 2 is 1.42 bits per heavy atom. The smallest absolute Gasteiger partial charge is 0.171 e. The van der Waals surface area contributed by atoms with Crippen molar-refractivity contribution < 1.29 is 13.2 Å².